The molecule has 0 aliphatic heterocycles. The topological polar surface area (TPSA) is 57.8 Å². The largest absolute Gasteiger partial charge is 0.319 e. The molecule has 0 unspecified atom stereocenters. The number of fused-ring (bicyclic) bond motifs is 1. The Kier molecular flexibility index (Phi) is 5.38. The second kappa shape index (κ2) is 7.49. The van der Waals surface area contributed by atoms with Gasteiger partial charge in [-0.3, -0.25) is 4.79 Å². The minimum Gasteiger partial charge on any atom is -0.319 e. The second-order valence-corrected chi connectivity index (χ2v) is 7.78. The highest BCUT2D eigenvalue weighted by atomic mass is 32.2. The number of nitrogens with zero attached hydrogens (tertiary/aromatic N) is 1. The maximum Gasteiger partial charge on any atom is 0.258 e. The van der Waals surface area contributed by atoms with E-state index in [2.05, 4.69) is 15.3 Å². The lowest BCUT2D eigenvalue weighted by atomic mass is 9.89. The zero-order valence-electron chi connectivity index (χ0n) is 13.9. The van der Waals surface area contributed by atoms with Gasteiger partial charge in [0.15, 0.2) is 0 Å². The summed E-state index contributed by atoms with van der Waals surface area (Å²) in [6.45, 7) is 3.14. The van der Waals surface area contributed by atoms with E-state index in [0.29, 0.717) is 10.6 Å². The first-order valence-electron chi connectivity index (χ1n) is 8.42. The van der Waals surface area contributed by atoms with Crippen LogP contribution in [0.3, 0.4) is 0 Å². The molecule has 2 N–H and O–H groups in total. The highest BCUT2D eigenvalue weighted by molar-refractivity contribution is 7.99. The third kappa shape index (κ3) is 3.96. The highest BCUT2D eigenvalue weighted by Gasteiger charge is 2.21. The molecule has 1 aliphatic carbocycles. The van der Waals surface area contributed by atoms with E-state index >= 15 is 0 Å². The molecule has 1 fully saturated rings. The first kappa shape index (κ1) is 16.5. The number of benzene rings is 1. The Balaban J connectivity index is 1.64. The van der Waals surface area contributed by atoms with Crippen LogP contribution in [0.5, 0.6) is 0 Å². The number of rotatable bonds is 5. The van der Waals surface area contributed by atoms with E-state index in [9.17, 15) is 4.79 Å². The average molecular weight is 331 g/mol. The van der Waals surface area contributed by atoms with Crippen molar-refractivity contribution in [1.82, 2.24) is 15.3 Å². The molecular weight excluding hydrogens is 306 g/mol. The van der Waals surface area contributed by atoms with Crippen molar-refractivity contribution in [3.05, 3.63) is 39.9 Å². The Morgan fingerprint density at radius 3 is 2.83 bits per heavy atom. The molecule has 0 bridgehead atoms. The van der Waals surface area contributed by atoms with E-state index in [-0.39, 0.29) is 5.56 Å². The van der Waals surface area contributed by atoms with Crippen molar-refractivity contribution in [3.8, 4) is 0 Å². The van der Waals surface area contributed by atoms with E-state index in [1.165, 1.54) is 25.7 Å². The number of hydrogen-bond donors (Lipinski definition) is 2. The van der Waals surface area contributed by atoms with Gasteiger partial charge < -0.3 is 10.3 Å². The predicted molar refractivity (Wildman–Crippen MR) is 98.1 cm³/mol. The van der Waals surface area contributed by atoms with Crippen LogP contribution < -0.4 is 10.9 Å². The lowest BCUT2D eigenvalue weighted by Crippen LogP contribution is -2.25. The summed E-state index contributed by atoms with van der Waals surface area (Å²) in [4.78, 5) is 19.8. The van der Waals surface area contributed by atoms with Crippen LogP contribution >= 0.6 is 11.8 Å². The summed E-state index contributed by atoms with van der Waals surface area (Å²) >= 11 is 1.94. The minimum atomic E-state index is -0.0213. The maximum absolute atomic E-state index is 12.2. The fourth-order valence-electron chi connectivity index (χ4n) is 3.41. The molecule has 1 aromatic heterocycles. The molecule has 1 aliphatic rings. The number of thioether (sulfide) groups is 1. The number of aryl methyl sites for hydroxylation is 1. The summed E-state index contributed by atoms with van der Waals surface area (Å²) in [6.07, 6.45) is 5.15. The van der Waals surface area contributed by atoms with Gasteiger partial charge in [0.2, 0.25) is 0 Å². The van der Waals surface area contributed by atoms with Crippen LogP contribution in [0.1, 0.15) is 37.1 Å². The van der Waals surface area contributed by atoms with Crippen LogP contribution in [-0.2, 0) is 5.75 Å². The van der Waals surface area contributed by atoms with Gasteiger partial charge in [-0.15, -0.1) is 0 Å². The molecule has 1 aromatic carbocycles. The van der Waals surface area contributed by atoms with Crippen LogP contribution in [-0.4, -0.2) is 28.8 Å². The molecule has 3 rings (SSSR count). The Labute approximate surface area is 141 Å². The van der Waals surface area contributed by atoms with Crippen LogP contribution in [0.15, 0.2) is 23.0 Å². The average Bonchev–Trinajstić information content (AvgIpc) is 2.56. The van der Waals surface area contributed by atoms with Crippen molar-refractivity contribution >= 4 is 22.7 Å². The molecule has 23 heavy (non-hydrogen) atoms. The fraction of sp³-hybridized carbons (Fsp3) is 0.556. The molecule has 0 atom stereocenters. The Bertz CT molecular complexity index is 720. The SMILES string of the molecule is CNCC1CCC(SCc2nc3c(C)cccc3c(=O)[nH]2)CC1. The molecule has 0 saturated heterocycles. The second-order valence-electron chi connectivity index (χ2n) is 6.50. The van der Waals surface area contributed by atoms with Gasteiger partial charge in [0.05, 0.1) is 16.7 Å². The summed E-state index contributed by atoms with van der Waals surface area (Å²) < 4.78 is 0. The number of para-hydroxylation sites is 1. The van der Waals surface area contributed by atoms with Crippen molar-refractivity contribution in [3.63, 3.8) is 0 Å². The van der Waals surface area contributed by atoms with Gasteiger partial charge in [0, 0.05) is 5.25 Å². The van der Waals surface area contributed by atoms with Gasteiger partial charge in [-0.05, 0) is 63.7 Å². The monoisotopic (exact) mass is 331 g/mol. The first-order valence-corrected chi connectivity index (χ1v) is 9.47. The van der Waals surface area contributed by atoms with E-state index < -0.39 is 0 Å². The number of nitrogens with one attached hydrogen (secondary N) is 2. The van der Waals surface area contributed by atoms with Crippen LogP contribution in [0.25, 0.3) is 10.9 Å². The zero-order valence-corrected chi connectivity index (χ0v) is 14.7. The quantitative estimate of drug-likeness (QED) is 0.883. The van der Waals surface area contributed by atoms with Gasteiger partial charge in [-0.2, -0.15) is 11.8 Å². The van der Waals surface area contributed by atoms with Crippen LogP contribution in [0.4, 0.5) is 0 Å². The summed E-state index contributed by atoms with van der Waals surface area (Å²) in [5, 5.41) is 4.66. The molecule has 1 saturated carbocycles. The van der Waals surface area contributed by atoms with Crippen LogP contribution in [0.2, 0.25) is 0 Å². The molecule has 5 heteroatoms. The van der Waals surface area contributed by atoms with Crippen molar-refractivity contribution in [1.29, 1.82) is 0 Å². The van der Waals surface area contributed by atoms with Crippen molar-refractivity contribution in [2.75, 3.05) is 13.6 Å². The van der Waals surface area contributed by atoms with Crippen molar-refractivity contribution in [2.24, 2.45) is 5.92 Å². The van der Waals surface area contributed by atoms with Crippen molar-refractivity contribution < 1.29 is 0 Å². The predicted octanol–water partition coefficient (Wildman–Crippen LogP) is 3.24. The van der Waals surface area contributed by atoms with Gasteiger partial charge in [0.25, 0.3) is 5.56 Å². The third-order valence-electron chi connectivity index (χ3n) is 4.73. The normalized spacial score (nSPS) is 21.7. The van der Waals surface area contributed by atoms with E-state index in [1.54, 1.807) is 0 Å². The number of aromatic amines is 1. The first-order chi connectivity index (χ1) is 11.2. The summed E-state index contributed by atoms with van der Waals surface area (Å²) in [7, 11) is 2.03. The van der Waals surface area contributed by atoms with Gasteiger partial charge in [0.1, 0.15) is 5.82 Å². The number of H-pyrrole nitrogens is 1. The number of aromatic nitrogens is 2. The zero-order chi connectivity index (χ0) is 16.2. The maximum atomic E-state index is 12.2. The van der Waals surface area contributed by atoms with Gasteiger partial charge >= 0.3 is 0 Å². The summed E-state index contributed by atoms with van der Waals surface area (Å²) in [6, 6.07) is 5.76. The molecule has 124 valence electrons. The third-order valence-corrected chi connectivity index (χ3v) is 6.11. The molecule has 4 nitrogen and oxygen atoms in total. The molecule has 1 heterocycles. The van der Waals surface area contributed by atoms with Crippen LogP contribution in [0, 0.1) is 12.8 Å². The van der Waals surface area contributed by atoms with E-state index in [1.807, 2.05) is 43.9 Å². The molecule has 0 spiro atoms. The molecule has 0 amide bonds. The van der Waals surface area contributed by atoms with E-state index in [4.69, 9.17) is 0 Å². The standard InChI is InChI=1S/C18H25N3OS/c1-12-4-3-5-15-17(12)20-16(21-18(15)22)11-23-14-8-6-13(7-9-14)10-19-2/h3-5,13-14,19H,6-11H2,1-2H3,(H,20,21,22). The lowest BCUT2D eigenvalue weighted by molar-refractivity contribution is 0.356. The van der Waals surface area contributed by atoms with Gasteiger partial charge in [-0.1, -0.05) is 12.1 Å². The highest BCUT2D eigenvalue weighted by Crippen LogP contribution is 2.32. The molecule has 2 aromatic rings. The summed E-state index contributed by atoms with van der Waals surface area (Å²) in [5.74, 6) is 2.43. The fourth-order valence-corrected chi connectivity index (χ4v) is 4.54. The molecule has 0 radical (unpaired) electrons. The number of hydrogen-bond acceptors (Lipinski definition) is 4. The minimum absolute atomic E-state index is 0.0213. The Morgan fingerprint density at radius 2 is 2.09 bits per heavy atom. The van der Waals surface area contributed by atoms with Crippen molar-refractivity contribution in [2.45, 2.75) is 43.6 Å². The van der Waals surface area contributed by atoms with E-state index in [0.717, 1.165) is 35.1 Å². The molecular formula is C18H25N3OS. The smallest absolute Gasteiger partial charge is 0.258 e. The lowest BCUT2D eigenvalue weighted by Gasteiger charge is -2.27. The Morgan fingerprint density at radius 1 is 1.30 bits per heavy atom. The Hall–Kier alpha value is -1.33. The van der Waals surface area contributed by atoms with Gasteiger partial charge in [-0.25, -0.2) is 4.98 Å². The summed E-state index contributed by atoms with van der Waals surface area (Å²) in [5.41, 5.74) is 1.88.